The number of halogens is 2. The lowest BCUT2D eigenvalue weighted by Gasteiger charge is -2.06. The van der Waals surface area contributed by atoms with Gasteiger partial charge in [-0.05, 0) is 11.6 Å². The van der Waals surface area contributed by atoms with Gasteiger partial charge in [0.2, 0.25) is 0 Å². The fourth-order valence-corrected chi connectivity index (χ4v) is 1.49. The van der Waals surface area contributed by atoms with E-state index in [1.165, 1.54) is 0 Å². The van der Waals surface area contributed by atoms with E-state index in [9.17, 15) is 4.79 Å². The first-order valence-electron chi connectivity index (χ1n) is 4.46. The van der Waals surface area contributed by atoms with Crippen LogP contribution in [0.1, 0.15) is 12.0 Å². The summed E-state index contributed by atoms with van der Waals surface area (Å²) < 4.78 is 0. The molecule has 1 rings (SSSR count). The zero-order chi connectivity index (χ0) is 11.3. The maximum absolute atomic E-state index is 10.2. The summed E-state index contributed by atoms with van der Waals surface area (Å²) in [6, 6.07) is 5.37. The predicted molar refractivity (Wildman–Crippen MR) is 60.4 cm³/mol. The molecule has 0 atom stereocenters. The normalized spacial score (nSPS) is 10.3. The molecule has 0 aliphatic carbocycles. The highest BCUT2D eigenvalue weighted by atomic mass is 35.5. The molecule has 82 valence electrons. The molecule has 5 heteroatoms. The molecule has 1 aromatic carbocycles. The third-order valence-corrected chi connectivity index (χ3v) is 2.72. The fourth-order valence-electron chi connectivity index (χ4n) is 1.10. The van der Waals surface area contributed by atoms with Crippen LogP contribution < -0.4 is 5.32 Å². The van der Waals surface area contributed by atoms with E-state index >= 15 is 0 Å². The molecule has 0 spiro atoms. The summed E-state index contributed by atoms with van der Waals surface area (Å²) >= 11 is 11.8. The molecule has 3 nitrogen and oxygen atoms in total. The van der Waals surface area contributed by atoms with Crippen LogP contribution in [0.25, 0.3) is 0 Å². The van der Waals surface area contributed by atoms with Gasteiger partial charge in [0.15, 0.2) is 0 Å². The van der Waals surface area contributed by atoms with Crippen molar-refractivity contribution in [2.75, 3.05) is 6.54 Å². The highest BCUT2D eigenvalue weighted by molar-refractivity contribution is 6.42. The second-order valence-corrected chi connectivity index (χ2v) is 3.82. The molecule has 0 saturated heterocycles. The molecule has 0 aliphatic rings. The van der Waals surface area contributed by atoms with Crippen LogP contribution in [0.5, 0.6) is 0 Å². The second-order valence-electron chi connectivity index (χ2n) is 3.03. The lowest BCUT2D eigenvalue weighted by molar-refractivity contribution is -0.136. The molecule has 0 heterocycles. The SMILES string of the molecule is O=C(O)CCNCc1cccc(Cl)c1Cl. The zero-order valence-electron chi connectivity index (χ0n) is 7.96. The molecule has 1 aromatic rings. The van der Waals surface area contributed by atoms with E-state index in [1.807, 2.05) is 12.1 Å². The van der Waals surface area contributed by atoms with Gasteiger partial charge in [0, 0.05) is 13.1 Å². The van der Waals surface area contributed by atoms with Crippen LogP contribution in [-0.4, -0.2) is 17.6 Å². The van der Waals surface area contributed by atoms with Gasteiger partial charge in [0.05, 0.1) is 16.5 Å². The summed E-state index contributed by atoms with van der Waals surface area (Å²) in [5.74, 6) is -0.820. The minimum atomic E-state index is -0.820. The number of hydrogen-bond acceptors (Lipinski definition) is 2. The van der Waals surface area contributed by atoms with Crippen molar-refractivity contribution in [1.82, 2.24) is 5.32 Å². The van der Waals surface area contributed by atoms with Gasteiger partial charge in [-0.25, -0.2) is 0 Å². The van der Waals surface area contributed by atoms with Crippen LogP contribution in [0.15, 0.2) is 18.2 Å². The van der Waals surface area contributed by atoms with Gasteiger partial charge < -0.3 is 10.4 Å². The minimum Gasteiger partial charge on any atom is -0.481 e. The molecule has 0 bridgehead atoms. The van der Waals surface area contributed by atoms with Crippen molar-refractivity contribution in [3.63, 3.8) is 0 Å². The molecule has 0 amide bonds. The first-order valence-corrected chi connectivity index (χ1v) is 5.22. The van der Waals surface area contributed by atoms with Gasteiger partial charge in [-0.15, -0.1) is 0 Å². The molecular weight excluding hydrogens is 237 g/mol. The molecule has 15 heavy (non-hydrogen) atoms. The Balaban J connectivity index is 2.44. The number of rotatable bonds is 5. The van der Waals surface area contributed by atoms with Crippen molar-refractivity contribution in [1.29, 1.82) is 0 Å². The monoisotopic (exact) mass is 247 g/mol. The summed E-state index contributed by atoms with van der Waals surface area (Å²) in [6.45, 7) is 0.935. The Hall–Kier alpha value is -0.770. The first-order chi connectivity index (χ1) is 7.11. The van der Waals surface area contributed by atoms with Crippen molar-refractivity contribution in [3.05, 3.63) is 33.8 Å². The van der Waals surface area contributed by atoms with E-state index in [0.717, 1.165) is 5.56 Å². The standard InChI is InChI=1S/C10H11Cl2NO2/c11-8-3-1-2-7(10(8)12)6-13-5-4-9(14)15/h1-3,13H,4-6H2,(H,14,15). The average Bonchev–Trinajstić information content (AvgIpc) is 2.18. The summed E-state index contributed by atoms with van der Waals surface area (Å²) in [5.41, 5.74) is 0.870. The average molecular weight is 248 g/mol. The Kier molecular flexibility index (Phi) is 4.88. The van der Waals surface area contributed by atoms with Crippen molar-refractivity contribution in [3.8, 4) is 0 Å². The third-order valence-electron chi connectivity index (χ3n) is 1.86. The zero-order valence-corrected chi connectivity index (χ0v) is 9.48. The van der Waals surface area contributed by atoms with E-state index < -0.39 is 5.97 Å². The lowest BCUT2D eigenvalue weighted by Crippen LogP contribution is -2.17. The predicted octanol–water partition coefficient (Wildman–Crippen LogP) is 2.56. The Morgan fingerprint density at radius 3 is 2.80 bits per heavy atom. The van der Waals surface area contributed by atoms with Crippen molar-refractivity contribution >= 4 is 29.2 Å². The largest absolute Gasteiger partial charge is 0.481 e. The number of carbonyl (C=O) groups is 1. The van der Waals surface area contributed by atoms with Gasteiger partial charge in [0.25, 0.3) is 0 Å². The van der Waals surface area contributed by atoms with Crippen LogP contribution in [-0.2, 0) is 11.3 Å². The van der Waals surface area contributed by atoms with Crippen LogP contribution in [0, 0.1) is 0 Å². The maximum atomic E-state index is 10.2. The van der Waals surface area contributed by atoms with Gasteiger partial charge in [-0.1, -0.05) is 35.3 Å². The summed E-state index contributed by atoms with van der Waals surface area (Å²) in [4.78, 5) is 10.2. The number of hydrogen-bond donors (Lipinski definition) is 2. The van der Waals surface area contributed by atoms with E-state index in [4.69, 9.17) is 28.3 Å². The number of benzene rings is 1. The molecule has 0 aliphatic heterocycles. The van der Waals surface area contributed by atoms with Gasteiger partial charge in [-0.3, -0.25) is 4.79 Å². The van der Waals surface area contributed by atoms with Crippen LogP contribution in [0.3, 0.4) is 0 Å². The second kappa shape index (κ2) is 5.95. The molecule has 0 radical (unpaired) electrons. The molecule has 0 fully saturated rings. The maximum Gasteiger partial charge on any atom is 0.304 e. The van der Waals surface area contributed by atoms with Crippen molar-refractivity contribution in [2.24, 2.45) is 0 Å². The number of carboxylic acid groups (broad SMARTS) is 1. The van der Waals surface area contributed by atoms with Crippen LogP contribution >= 0.6 is 23.2 Å². The van der Waals surface area contributed by atoms with Crippen molar-refractivity contribution < 1.29 is 9.90 Å². The van der Waals surface area contributed by atoms with E-state index in [2.05, 4.69) is 5.32 Å². The number of carboxylic acids is 1. The first kappa shape index (κ1) is 12.3. The van der Waals surface area contributed by atoms with E-state index in [0.29, 0.717) is 23.1 Å². The highest BCUT2D eigenvalue weighted by Crippen LogP contribution is 2.25. The third kappa shape index (κ3) is 4.08. The van der Waals surface area contributed by atoms with Crippen LogP contribution in [0.4, 0.5) is 0 Å². The molecular formula is C10H11Cl2NO2. The topological polar surface area (TPSA) is 49.3 Å². The number of aliphatic carboxylic acids is 1. The van der Waals surface area contributed by atoms with E-state index in [1.54, 1.807) is 6.07 Å². The van der Waals surface area contributed by atoms with Crippen LogP contribution in [0.2, 0.25) is 10.0 Å². The number of nitrogens with one attached hydrogen (secondary N) is 1. The van der Waals surface area contributed by atoms with Gasteiger partial charge in [0.1, 0.15) is 0 Å². The Morgan fingerprint density at radius 1 is 1.40 bits per heavy atom. The molecule has 0 saturated carbocycles. The Bertz CT molecular complexity index is 355. The molecule has 0 unspecified atom stereocenters. The lowest BCUT2D eigenvalue weighted by atomic mass is 10.2. The quantitative estimate of drug-likeness (QED) is 0.787. The molecule has 2 N–H and O–H groups in total. The Labute approximate surface area is 98.0 Å². The summed E-state index contributed by atoms with van der Waals surface area (Å²) in [5, 5.41) is 12.4. The Morgan fingerprint density at radius 2 is 2.13 bits per heavy atom. The fraction of sp³-hybridized carbons (Fsp3) is 0.300. The summed E-state index contributed by atoms with van der Waals surface area (Å²) in [6.07, 6.45) is 0.0954. The van der Waals surface area contributed by atoms with E-state index in [-0.39, 0.29) is 6.42 Å². The highest BCUT2D eigenvalue weighted by Gasteiger charge is 2.03. The van der Waals surface area contributed by atoms with Gasteiger partial charge in [-0.2, -0.15) is 0 Å². The molecule has 0 aromatic heterocycles. The smallest absolute Gasteiger partial charge is 0.304 e. The minimum absolute atomic E-state index is 0.0954. The summed E-state index contributed by atoms with van der Waals surface area (Å²) in [7, 11) is 0. The van der Waals surface area contributed by atoms with Gasteiger partial charge >= 0.3 is 5.97 Å². The van der Waals surface area contributed by atoms with Crippen molar-refractivity contribution in [2.45, 2.75) is 13.0 Å².